The number of anilines is 3. The lowest BCUT2D eigenvalue weighted by Gasteiger charge is -2.37. The minimum atomic E-state index is -0.470. The normalized spacial score (nSPS) is 12.5. The van der Waals surface area contributed by atoms with Crippen LogP contribution >= 0.6 is 23.2 Å². The van der Waals surface area contributed by atoms with Gasteiger partial charge in [0.2, 0.25) is 5.91 Å². The zero-order chi connectivity index (χ0) is 32.1. The van der Waals surface area contributed by atoms with Gasteiger partial charge >= 0.3 is 6.03 Å². The molecule has 1 N–H and O–H groups in total. The van der Waals surface area contributed by atoms with Gasteiger partial charge in [-0.1, -0.05) is 60.1 Å². The van der Waals surface area contributed by atoms with Gasteiger partial charge in [-0.15, -0.1) is 0 Å². The molecule has 12 heteroatoms. The minimum Gasteiger partial charge on any atom is -0.495 e. The van der Waals surface area contributed by atoms with Crippen LogP contribution in [0.1, 0.15) is 28.9 Å². The van der Waals surface area contributed by atoms with Crippen LogP contribution in [-0.4, -0.2) is 36.1 Å². The van der Waals surface area contributed by atoms with Gasteiger partial charge in [0.25, 0.3) is 0 Å². The first-order valence-corrected chi connectivity index (χ1v) is 14.8. The number of amides is 3. The van der Waals surface area contributed by atoms with Crippen LogP contribution in [0.25, 0.3) is 0 Å². The largest absolute Gasteiger partial charge is 0.495 e. The fraction of sp³-hybridized carbons (Fsp3) is 0.212. The molecule has 1 aromatic heterocycles. The molecule has 0 saturated heterocycles. The summed E-state index contributed by atoms with van der Waals surface area (Å²) in [5.41, 5.74) is 3.09. The van der Waals surface area contributed by atoms with Crippen molar-refractivity contribution in [1.29, 1.82) is 0 Å². The Hall–Kier alpha value is -4.67. The van der Waals surface area contributed by atoms with Gasteiger partial charge in [-0.2, -0.15) is 0 Å². The lowest BCUT2D eigenvalue weighted by Crippen LogP contribution is -2.48. The van der Waals surface area contributed by atoms with E-state index in [9.17, 15) is 14.0 Å². The topological polar surface area (TPSA) is 96.9 Å². The third-order valence-corrected chi connectivity index (χ3v) is 8.03. The summed E-state index contributed by atoms with van der Waals surface area (Å²) < 4.78 is 25.0. The van der Waals surface area contributed by atoms with Crippen molar-refractivity contribution in [3.8, 4) is 11.5 Å². The van der Waals surface area contributed by atoms with Crippen LogP contribution in [-0.2, 0) is 30.7 Å². The van der Waals surface area contributed by atoms with Gasteiger partial charge in [-0.05, 0) is 48.2 Å². The van der Waals surface area contributed by atoms with E-state index < -0.39 is 11.8 Å². The van der Waals surface area contributed by atoms with E-state index in [4.69, 9.17) is 37.7 Å². The summed E-state index contributed by atoms with van der Waals surface area (Å²) in [6.45, 7) is 3.61. The average Bonchev–Trinajstić information content (AvgIpc) is 3.04. The number of urea groups is 1. The van der Waals surface area contributed by atoms with Crippen molar-refractivity contribution in [3.05, 3.63) is 112 Å². The predicted octanol–water partition coefficient (Wildman–Crippen LogP) is 7.39. The molecule has 45 heavy (non-hydrogen) atoms. The molecular weight excluding hydrogens is 620 g/mol. The van der Waals surface area contributed by atoms with Crippen molar-refractivity contribution >= 4 is 52.3 Å². The highest BCUT2D eigenvalue weighted by Crippen LogP contribution is 2.48. The second kappa shape index (κ2) is 14.0. The summed E-state index contributed by atoms with van der Waals surface area (Å²) in [5, 5.41) is 3.09. The molecule has 0 saturated carbocycles. The summed E-state index contributed by atoms with van der Waals surface area (Å²) >= 11 is 13.4. The van der Waals surface area contributed by atoms with E-state index in [2.05, 4.69) is 16.9 Å². The number of aromatic nitrogens is 2. The third kappa shape index (κ3) is 6.87. The summed E-state index contributed by atoms with van der Waals surface area (Å²) in [6, 6.07) is 14.6. The number of aryl methyl sites for hydroxylation is 2. The van der Waals surface area contributed by atoms with Gasteiger partial charge in [0.1, 0.15) is 39.0 Å². The molecule has 0 bridgehead atoms. The van der Waals surface area contributed by atoms with Crippen LogP contribution in [0, 0.1) is 5.82 Å². The van der Waals surface area contributed by atoms with Crippen LogP contribution in [0.2, 0.25) is 10.0 Å². The molecule has 0 aliphatic carbocycles. The maximum Gasteiger partial charge on any atom is 0.330 e. The zero-order valence-corrected chi connectivity index (χ0v) is 26.2. The van der Waals surface area contributed by atoms with E-state index in [0.717, 1.165) is 5.56 Å². The molecule has 3 amide bonds. The number of hydrogen-bond donors (Lipinski definition) is 1. The first kappa shape index (κ1) is 31.7. The molecule has 4 aromatic rings. The Morgan fingerprint density at radius 3 is 2.49 bits per heavy atom. The number of carbonyl (C=O) groups is 2. The number of benzene rings is 3. The highest BCUT2D eigenvalue weighted by atomic mass is 35.5. The Morgan fingerprint density at radius 1 is 1.07 bits per heavy atom. The maximum atomic E-state index is 14.2. The molecule has 232 valence electrons. The van der Waals surface area contributed by atoms with Crippen LogP contribution in [0.4, 0.5) is 26.4 Å². The van der Waals surface area contributed by atoms with Crippen molar-refractivity contribution in [1.82, 2.24) is 9.97 Å². The molecule has 9 nitrogen and oxygen atoms in total. The molecule has 3 aromatic carbocycles. The average molecular weight is 651 g/mol. The van der Waals surface area contributed by atoms with Crippen LogP contribution in [0.5, 0.6) is 11.5 Å². The second-order valence-electron chi connectivity index (χ2n) is 10.2. The van der Waals surface area contributed by atoms with Crippen molar-refractivity contribution in [2.45, 2.75) is 32.4 Å². The molecule has 1 aliphatic rings. The fourth-order valence-electron chi connectivity index (χ4n) is 5.10. The van der Waals surface area contributed by atoms with Crippen molar-refractivity contribution < 1.29 is 23.5 Å². The monoisotopic (exact) mass is 649 g/mol. The van der Waals surface area contributed by atoms with Gasteiger partial charge in [0.05, 0.1) is 33.0 Å². The van der Waals surface area contributed by atoms with E-state index in [1.54, 1.807) is 24.4 Å². The Morgan fingerprint density at radius 2 is 1.80 bits per heavy atom. The summed E-state index contributed by atoms with van der Waals surface area (Å²) in [5.74, 6) is 0.788. The van der Waals surface area contributed by atoms with E-state index in [-0.39, 0.29) is 46.2 Å². The summed E-state index contributed by atoms with van der Waals surface area (Å²) in [7, 11) is 2.90. The number of methoxy groups -OCH3 is 2. The first-order valence-electron chi connectivity index (χ1n) is 14.0. The van der Waals surface area contributed by atoms with Gasteiger partial charge in [0.15, 0.2) is 0 Å². The molecule has 1 aliphatic heterocycles. The summed E-state index contributed by atoms with van der Waals surface area (Å²) in [6.07, 6.45) is 4.74. The van der Waals surface area contributed by atoms with Crippen LogP contribution < -0.4 is 24.6 Å². The van der Waals surface area contributed by atoms with Crippen molar-refractivity contribution in [2.75, 3.05) is 29.3 Å². The number of nitrogens with zero attached hydrogens (tertiary/aromatic N) is 4. The van der Waals surface area contributed by atoms with Crippen molar-refractivity contribution in [2.24, 2.45) is 0 Å². The molecule has 0 fully saturated rings. The Kier molecular flexibility index (Phi) is 9.85. The maximum absolute atomic E-state index is 14.2. The van der Waals surface area contributed by atoms with Crippen LogP contribution in [0.3, 0.4) is 0 Å². The molecule has 0 unspecified atom stereocenters. The number of ether oxygens (including phenoxy) is 2. The van der Waals surface area contributed by atoms with Crippen LogP contribution in [0.15, 0.2) is 73.4 Å². The Labute approximate surface area is 270 Å². The Balaban J connectivity index is 1.47. The lowest BCUT2D eigenvalue weighted by molar-refractivity contribution is -0.111. The van der Waals surface area contributed by atoms with Gasteiger partial charge in [0, 0.05) is 29.9 Å². The number of halogens is 3. The molecule has 0 atom stereocenters. The SMILES string of the molecule is C=CC(=O)Nc1ccccc1CCCc1ncc2c(n1)N(Cc1cccc(F)c1)C(=O)N(c1c(Cl)c(OC)cc(OC)c1Cl)C2. The number of para-hydroxylation sites is 1. The van der Waals surface area contributed by atoms with Gasteiger partial charge in [-0.3, -0.25) is 14.6 Å². The van der Waals surface area contributed by atoms with Gasteiger partial charge < -0.3 is 14.8 Å². The van der Waals surface area contributed by atoms with E-state index in [0.29, 0.717) is 47.7 Å². The second-order valence-corrected chi connectivity index (χ2v) is 10.9. The molecule has 0 spiro atoms. The van der Waals surface area contributed by atoms with E-state index in [1.807, 2.05) is 24.3 Å². The highest BCUT2D eigenvalue weighted by Gasteiger charge is 2.36. The molecule has 0 radical (unpaired) electrons. The number of fused-ring (bicyclic) bond motifs is 1. The fourth-order valence-corrected chi connectivity index (χ4v) is 5.80. The van der Waals surface area contributed by atoms with E-state index in [1.165, 1.54) is 42.2 Å². The minimum absolute atomic E-state index is 0.0310. The third-order valence-electron chi connectivity index (χ3n) is 7.29. The smallest absolute Gasteiger partial charge is 0.330 e. The number of rotatable bonds is 11. The number of hydrogen-bond acceptors (Lipinski definition) is 6. The number of nitrogens with one attached hydrogen (secondary N) is 1. The molecule has 2 heterocycles. The predicted molar refractivity (Wildman–Crippen MR) is 173 cm³/mol. The number of carbonyl (C=O) groups excluding carboxylic acids is 2. The molecule has 5 rings (SSSR count). The first-order chi connectivity index (χ1) is 21.7. The standard InChI is InChI=1S/C33H30Cl2FN5O4/c1-4-28(42)38-24-13-6-5-10-21(24)11-8-14-27-37-17-22-19-40(31-29(34)25(44-2)16-26(45-3)30(31)35)33(43)41(32(22)39-27)18-20-9-7-12-23(36)15-20/h4-7,9-10,12-13,15-17H,1,8,11,14,18-19H2,2-3H3,(H,38,42). The quantitative estimate of drug-likeness (QED) is 0.170. The van der Waals surface area contributed by atoms with Gasteiger partial charge in [-0.25, -0.2) is 19.2 Å². The lowest BCUT2D eigenvalue weighted by atomic mass is 10.1. The zero-order valence-electron chi connectivity index (χ0n) is 24.6. The Bertz CT molecular complexity index is 1740. The summed E-state index contributed by atoms with van der Waals surface area (Å²) in [4.78, 5) is 38.3. The van der Waals surface area contributed by atoms with E-state index >= 15 is 0 Å². The highest BCUT2D eigenvalue weighted by molar-refractivity contribution is 6.42. The van der Waals surface area contributed by atoms with Crippen molar-refractivity contribution in [3.63, 3.8) is 0 Å². The molecular formula is C33H30Cl2FN5O4.